The van der Waals surface area contributed by atoms with Crippen LogP contribution in [0.4, 0.5) is 0 Å². The molecule has 0 saturated carbocycles. The topological polar surface area (TPSA) is 45.5 Å². The van der Waals surface area contributed by atoms with Crippen LogP contribution in [0.2, 0.25) is 0 Å². The van der Waals surface area contributed by atoms with Gasteiger partial charge in [0.05, 0.1) is 33.5 Å². The van der Waals surface area contributed by atoms with Crippen LogP contribution in [0.3, 0.4) is 0 Å². The number of nitrogens with zero attached hydrogens (tertiary/aromatic N) is 6. The second kappa shape index (κ2) is 11.6. The molecule has 5 aromatic carbocycles. The maximum absolute atomic E-state index is 4.90. The van der Waals surface area contributed by atoms with E-state index in [2.05, 4.69) is 180 Å². The first-order valence-electron chi connectivity index (χ1n) is 16.9. The molecule has 4 aromatic heterocycles. The van der Waals surface area contributed by atoms with Gasteiger partial charge in [-0.2, -0.15) is 0 Å². The Labute approximate surface area is 290 Å². The molecule has 0 aliphatic rings. The van der Waals surface area contributed by atoms with E-state index in [-0.39, 0.29) is 0 Å². The molecule has 9 aromatic rings. The molecule has 0 bridgehead atoms. The van der Waals surface area contributed by atoms with Crippen molar-refractivity contribution in [1.82, 2.24) is 28.2 Å². The van der Waals surface area contributed by atoms with Gasteiger partial charge in [-0.25, -0.2) is 9.97 Å². The zero-order chi connectivity index (χ0) is 33.9. The fourth-order valence-electron chi connectivity index (χ4n) is 7.61. The van der Waals surface area contributed by atoms with Crippen LogP contribution in [0.5, 0.6) is 0 Å². The quantitative estimate of drug-likeness (QED) is 0.180. The van der Waals surface area contributed by atoms with Crippen molar-refractivity contribution in [2.75, 3.05) is 0 Å². The van der Waals surface area contributed by atoms with Crippen LogP contribution in [0.25, 0.3) is 90.7 Å². The van der Waals surface area contributed by atoms with E-state index < -0.39 is 0 Å². The molecule has 4 heterocycles. The summed E-state index contributed by atoms with van der Waals surface area (Å²) in [5.74, 6) is 1.85. The van der Waals surface area contributed by atoms with E-state index >= 15 is 0 Å². The molecule has 6 nitrogen and oxygen atoms in total. The fraction of sp³-hybridized carbons (Fsp3) is 0.0909. The molecule has 0 aliphatic carbocycles. The van der Waals surface area contributed by atoms with Gasteiger partial charge in [0.2, 0.25) is 0 Å². The van der Waals surface area contributed by atoms with Gasteiger partial charge in [0.1, 0.15) is 11.6 Å². The smallest absolute Gasteiger partial charge is 0.133 e. The molecule has 0 N–H and O–H groups in total. The molecule has 6 heteroatoms. The average Bonchev–Trinajstić information content (AvgIpc) is 3.84. The van der Waals surface area contributed by atoms with Crippen LogP contribution in [0, 0.1) is 0 Å². The summed E-state index contributed by atoms with van der Waals surface area (Å²) >= 11 is 0. The highest BCUT2D eigenvalue weighted by atomic mass is 15.1. The van der Waals surface area contributed by atoms with E-state index in [9.17, 15) is 0 Å². The van der Waals surface area contributed by atoms with Crippen molar-refractivity contribution in [2.24, 2.45) is 28.2 Å². The first-order chi connectivity index (χ1) is 24.5. The van der Waals surface area contributed by atoms with Gasteiger partial charge in [0, 0.05) is 61.1 Å². The number of para-hydroxylation sites is 6. The van der Waals surface area contributed by atoms with Gasteiger partial charge in [-0.3, -0.25) is 0 Å². The summed E-state index contributed by atoms with van der Waals surface area (Å²) < 4.78 is 8.91. The molecule has 242 valence electrons. The Balaban J connectivity index is 1.15. The molecule has 50 heavy (non-hydrogen) atoms. The number of imidazole rings is 2. The Morgan fingerprint density at radius 3 is 1.14 bits per heavy atom. The van der Waals surface area contributed by atoms with Crippen molar-refractivity contribution in [1.29, 1.82) is 0 Å². The highest BCUT2D eigenvalue weighted by Gasteiger charge is 2.18. The number of aromatic nitrogens is 6. The fourth-order valence-corrected chi connectivity index (χ4v) is 7.61. The minimum absolute atomic E-state index is 0.926. The van der Waals surface area contributed by atoms with Gasteiger partial charge in [0.25, 0.3) is 0 Å². The number of benzene rings is 5. The molecular weight excluding hydrogens is 613 g/mol. The van der Waals surface area contributed by atoms with Crippen molar-refractivity contribution in [3.05, 3.63) is 144 Å². The van der Waals surface area contributed by atoms with E-state index in [0.29, 0.717) is 0 Å². The standard InChI is InChI=1S/C44H36N6/c1-47-39-19-11-7-15-35(39)45-41(47)27-25-33-31-13-5-9-17-37(31)49(3)43(33)29-21-23-30(24-22-29)44-34(32-14-6-10-18-38(32)50(44)4)26-28-42-46-36-16-8-12-20-40(36)48(42)2/h5-28H,1-4H3/b27-25+,28-26+. The summed E-state index contributed by atoms with van der Waals surface area (Å²) in [6, 6.07) is 42.8. The molecule has 0 aliphatic heterocycles. The summed E-state index contributed by atoms with van der Waals surface area (Å²) in [5, 5.41) is 2.43. The van der Waals surface area contributed by atoms with Gasteiger partial charge < -0.3 is 18.3 Å². The van der Waals surface area contributed by atoms with Crippen molar-refractivity contribution in [3.63, 3.8) is 0 Å². The molecular formula is C44H36N6. The molecule has 0 fully saturated rings. The third-order valence-electron chi connectivity index (χ3n) is 10.2. The molecule has 0 atom stereocenters. The Morgan fingerprint density at radius 2 is 0.740 bits per heavy atom. The van der Waals surface area contributed by atoms with Crippen molar-refractivity contribution in [2.45, 2.75) is 0 Å². The van der Waals surface area contributed by atoms with E-state index in [1.807, 2.05) is 12.1 Å². The van der Waals surface area contributed by atoms with Crippen molar-refractivity contribution < 1.29 is 0 Å². The van der Waals surface area contributed by atoms with E-state index in [1.165, 1.54) is 44.3 Å². The zero-order valence-corrected chi connectivity index (χ0v) is 28.5. The lowest BCUT2D eigenvalue weighted by Gasteiger charge is -2.10. The van der Waals surface area contributed by atoms with Crippen LogP contribution >= 0.6 is 0 Å². The summed E-state index contributed by atoms with van der Waals surface area (Å²) in [4.78, 5) is 9.81. The Bertz CT molecular complexity index is 2600. The van der Waals surface area contributed by atoms with Gasteiger partial charge in [-0.1, -0.05) is 84.9 Å². The molecule has 0 amide bonds. The lowest BCUT2D eigenvalue weighted by atomic mass is 10.00. The minimum Gasteiger partial charge on any atom is -0.343 e. The second-order valence-electron chi connectivity index (χ2n) is 13.0. The van der Waals surface area contributed by atoms with Gasteiger partial charge in [0.15, 0.2) is 0 Å². The number of hydrogen-bond acceptors (Lipinski definition) is 2. The first kappa shape index (κ1) is 29.7. The average molecular weight is 649 g/mol. The third-order valence-corrected chi connectivity index (χ3v) is 10.2. The summed E-state index contributed by atoms with van der Waals surface area (Å²) in [5.41, 5.74) is 13.7. The molecule has 0 saturated heterocycles. The summed E-state index contributed by atoms with van der Waals surface area (Å²) in [6.45, 7) is 0. The van der Waals surface area contributed by atoms with Crippen molar-refractivity contribution >= 4 is 68.2 Å². The summed E-state index contributed by atoms with van der Waals surface area (Å²) in [6.07, 6.45) is 8.72. The second-order valence-corrected chi connectivity index (χ2v) is 13.0. The molecule has 0 unspecified atom stereocenters. The number of aryl methyl sites for hydroxylation is 4. The minimum atomic E-state index is 0.926. The van der Waals surface area contributed by atoms with Crippen LogP contribution in [-0.4, -0.2) is 28.2 Å². The summed E-state index contributed by atoms with van der Waals surface area (Å²) in [7, 11) is 8.47. The number of rotatable bonds is 6. The van der Waals surface area contributed by atoms with E-state index in [0.717, 1.165) is 44.8 Å². The molecule has 0 radical (unpaired) electrons. The van der Waals surface area contributed by atoms with Crippen LogP contribution < -0.4 is 0 Å². The predicted octanol–water partition coefficient (Wildman–Crippen LogP) is 10.1. The van der Waals surface area contributed by atoms with Crippen LogP contribution in [0.1, 0.15) is 22.8 Å². The zero-order valence-electron chi connectivity index (χ0n) is 28.5. The van der Waals surface area contributed by atoms with E-state index in [1.54, 1.807) is 0 Å². The number of hydrogen-bond donors (Lipinski definition) is 0. The van der Waals surface area contributed by atoms with Crippen LogP contribution in [0.15, 0.2) is 121 Å². The normalized spacial score (nSPS) is 12.2. The highest BCUT2D eigenvalue weighted by Crippen LogP contribution is 2.38. The predicted molar refractivity (Wildman–Crippen MR) is 210 cm³/mol. The van der Waals surface area contributed by atoms with Gasteiger partial charge in [-0.05, 0) is 71.8 Å². The largest absolute Gasteiger partial charge is 0.343 e. The lowest BCUT2D eigenvalue weighted by Crippen LogP contribution is -1.95. The Hall–Kier alpha value is -6.40. The maximum Gasteiger partial charge on any atom is 0.133 e. The molecule has 0 spiro atoms. The van der Waals surface area contributed by atoms with E-state index in [4.69, 9.17) is 9.97 Å². The first-order valence-corrected chi connectivity index (χ1v) is 16.9. The van der Waals surface area contributed by atoms with Gasteiger partial charge in [-0.15, -0.1) is 0 Å². The Morgan fingerprint density at radius 1 is 0.380 bits per heavy atom. The van der Waals surface area contributed by atoms with Crippen LogP contribution in [-0.2, 0) is 28.2 Å². The number of fused-ring (bicyclic) bond motifs is 4. The maximum atomic E-state index is 4.90. The third kappa shape index (κ3) is 4.64. The molecule has 9 rings (SSSR count). The Kier molecular flexibility index (Phi) is 6.92. The van der Waals surface area contributed by atoms with Crippen molar-refractivity contribution in [3.8, 4) is 22.5 Å². The monoisotopic (exact) mass is 648 g/mol. The van der Waals surface area contributed by atoms with Gasteiger partial charge >= 0.3 is 0 Å². The highest BCUT2D eigenvalue weighted by molar-refractivity contribution is 6.01. The SMILES string of the molecule is Cn1c(/C=C/c2c(-c3ccc(-c4c(/C=C/c5nc6ccccc6n5C)c5ccccc5n4C)cc3)n(C)c3ccccc23)nc2ccccc21. The lowest BCUT2D eigenvalue weighted by molar-refractivity contribution is 0.930.